The minimum atomic E-state index is 0.165. The lowest BCUT2D eigenvalue weighted by atomic mass is 10.0. The van der Waals surface area contributed by atoms with Crippen molar-refractivity contribution in [2.24, 2.45) is 0 Å². The number of hydrogen-bond donors (Lipinski definition) is 2. The zero-order chi connectivity index (χ0) is 14.1. The molecule has 4 nitrogen and oxygen atoms in total. The molecule has 4 rings (SSSR count). The van der Waals surface area contributed by atoms with Gasteiger partial charge in [0.05, 0.1) is 12.7 Å². The summed E-state index contributed by atoms with van der Waals surface area (Å²) < 4.78 is 5.78. The van der Waals surface area contributed by atoms with Gasteiger partial charge in [0.1, 0.15) is 5.65 Å². The highest BCUT2D eigenvalue weighted by atomic mass is 16.5. The number of ether oxygens (including phenoxy) is 1. The standard InChI is InChI=1S/C17H17N3O/c1-3-13(16-11-18-7-8-21-16)4-2-12(1)15-9-14-5-6-19-17(14)20-10-15/h1-6,9-10,16,18H,7-8,11H2,(H,19,20)/t16-/m0/s1. The van der Waals surface area contributed by atoms with Crippen LogP contribution >= 0.6 is 0 Å². The van der Waals surface area contributed by atoms with Gasteiger partial charge in [-0.1, -0.05) is 24.3 Å². The maximum atomic E-state index is 5.78. The SMILES string of the molecule is c1cc2cc(-c3ccc([C@@H]4CNCCO4)cc3)cnc2[nH]1. The molecule has 106 valence electrons. The minimum absolute atomic E-state index is 0.165. The topological polar surface area (TPSA) is 49.9 Å². The first kappa shape index (κ1) is 12.6. The predicted molar refractivity (Wildman–Crippen MR) is 83.1 cm³/mol. The third-order valence-electron chi connectivity index (χ3n) is 3.94. The second kappa shape index (κ2) is 5.31. The third-order valence-corrected chi connectivity index (χ3v) is 3.94. The molecular formula is C17H17N3O. The van der Waals surface area contributed by atoms with Gasteiger partial charge in [-0.05, 0) is 23.3 Å². The third kappa shape index (κ3) is 2.44. The molecule has 1 fully saturated rings. The van der Waals surface area contributed by atoms with Crippen molar-refractivity contribution >= 4 is 11.0 Å². The van der Waals surface area contributed by atoms with Crippen LogP contribution in [0.15, 0.2) is 48.8 Å². The van der Waals surface area contributed by atoms with Crippen molar-refractivity contribution in [3.05, 3.63) is 54.4 Å². The molecule has 1 aliphatic heterocycles. The van der Waals surface area contributed by atoms with Crippen molar-refractivity contribution in [3.63, 3.8) is 0 Å². The van der Waals surface area contributed by atoms with Gasteiger partial charge in [-0.25, -0.2) is 4.98 Å². The van der Waals surface area contributed by atoms with Gasteiger partial charge in [0.25, 0.3) is 0 Å². The number of benzene rings is 1. The van der Waals surface area contributed by atoms with Gasteiger partial charge < -0.3 is 15.0 Å². The maximum absolute atomic E-state index is 5.78. The quantitative estimate of drug-likeness (QED) is 0.758. The largest absolute Gasteiger partial charge is 0.371 e. The van der Waals surface area contributed by atoms with Crippen molar-refractivity contribution in [1.29, 1.82) is 0 Å². The number of nitrogens with zero attached hydrogens (tertiary/aromatic N) is 1. The summed E-state index contributed by atoms with van der Waals surface area (Å²) in [5, 5.41) is 4.49. The Morgan fingerprint density at radius 3 is 2.81 bits per heavy atom. The lowest BCUT2D eigenvalue weighted by Crippen LogP contribution is -2.33. The van der Waals surface area contributed by atoms with Gasteiger partial charge in [-0.3, -0.25) is 0 Å². The van der Waals surface area contributed by atoms with E-state index in [1.54, 1.807) is 0 Å². The van der Waals surface area contributed by atoms with E-state index in [1.807, 2.05) is 18.5 Å². The Hall–Kier alpha value is -2.17. The first-order chi connectivity index (χ1) is 10.4. The van der Waals surface area contributed by atoms with E-state index >= 15 is 0 Å². The van der Waals surface area contributed by atoms with Crippen LogP contribution in [0.4, 0.5) is 0 Å². The van der Waals surface area contributed by atoms with Gasteiger partial charge in [-0.2, -0.15) is 0 Å². The second-order valence-electron chi connectivity index (χ2n) is 5.33. The zero-order valence-corrected chi connectivity index (χ0v) is 11.7. The van der Waals surface area contributed by atoms with E-state index in [1.165, 1.54) is 11.1 Å². The summed E-state index contributed by atoms with van der Waals surface area (Å²) in [6.07, 6.45) is 3.99. The van der Waals surface area contributed by atoms with Crippen molar-refractivity contribution in [2.75, 3.05) is 19.7 Å². The number of rotatable bonds is 2. The number of hydrogen-bond acceptors (Lipinski definition) is 3. The molecule has 0 aliphatic carbocycles. The Morgan fingerprint density at radius 1 is 1.10 bits per heavy atom. The Bertz CT molecular complexity index is 742. The average Bonchev–Trinajstić information content (AvgIpc) is 3.03. The summed E-state index contributed by atoms with van der Waals surface area (Å²) >= 11 is 0. The molecule has 0 amide bonds. The second-order valence-corrected chi connectivity index (χ2v) is 5.33. The van der Waals surface area contributed by atoms with Gasteiger partial charge in [0.2, 0.25) is 0 Å². The van der Waals surface area contributed by atoms with Crippen LogP contribution in [0.25, 0.3) is 22.2 Å². The Morgan fingerprint density at radius 2 is 2.00 bits per heavy atom. The smallest absolute Gasteiger partial charge is 0.137 e. The van der Waals surface area contributed by atoms with E-state index in [4.69, 9.17) is 4.74 Å². The molecule has 0 unspecified atom stereocenters. The van der Waals surface area contributed by atoms with Crippen molar-refractivity contribution in [2.45, 2.75) is 6.10 Å². The van der Waals surface area contributed by atoms with Gasteiger partial charge >= 0.3 is 0 Å². The van der Waals surface area contributed by atoms with Crippen LogP contribution in [-0.4, -0.2) is 29.7 Å². The molecule has 1 aromatic carbocycles. The monoisotopic (exact) mass is 279 g/mol. The highest BCUT2D eigenvalue weighted by Crippen LogP contribution is 2.25. The number of aromatic nitrogens is 2. The van der Waals surface area contributed by atoms with E-state index in [-0.39, 0.29) is 6.10 Å². The van der Waals surface area contributed by atoms with Crippen LogP contribution in [-0.2, 0) is 4.74 Å². The number of H-pyrrole nitrogens is 1. The molecule has 2 N–H and O–H groups in total. The van der Waals surface area contributed by atoms with Crippen molar-refractivity contribution in [3.8, 4) is 11.1 Å². The highest BCUT2D eigenvalue weighted by Gasteiger charge is 2.15. The number of pyridine rings is 1. The molecule has 0 bridgehead atoms. The van der Waals surface area contributed by atoms with Crippen LogP contribution in [0.1, 0.15) is 11.7 Å². The number of aromatic amines is 1. The fourth-order valence-corrected chi connectivity index (χ4v) is 2.77. The van der Waals surface area contributed by atoms with E-state index in [0.717, 1.165) is 36.3 Å². The summed E-state index contributed by atoms with van der Waals surface area (Å²) in [5.41, 5.74) is 4.47. The molecule has 0 radical (unpaired) electrons. The molecule has 2 aromatic heterocycles. The first-order valence-electron chi connectivity index (χ1n) is 7.26. The molecular weight excluding hydrogens is 262 g/mol. The summed E-state index contributed by atoms with van der Waals surface area (Å²) in [4.78, 5) is 7.56. The Balaban J connectivity index is 1.62. The normalized spacial score (nSPS) is 19.0. The van der Waals surface area contributed by atoms with Crippen molar-refractivity contribution in [1.82, 2.24) is 15.3 Å². The number of fused-ring (bicyclic) bond motifs is 1. The van der Waals surface area contributed by atoms with E-state index in [2.05, 4.69) is 45.6 Å². The number of morpholine rings is 1. The predicted octanol–water partition coefficient (Wildman–Crippen LogP) is 2.89. The first-order valence-corrected chi connectivity index (χ1v) is 7.26. The summed E-state index contributed by atoms with van der Waals surface area (Å²) in [5.74, 6) is 0. The van der Waals surface area contributed by atoms with Gasteiger partial charge in [-0.15, -0.1) is 0 Å². The van der Waals surface area contributed by atoms with E-state index in [9.17, 15) is 0 Å². The van der Waals surface area contributed by atoms with E-state index < -0.39 is 0 Å². The van der Waals surface area contributed by atoms with Gasteiger partial charge in [0.15, 0.2) is 0 Å². The molecule has 21 heavy (non-hydrogen) atoms. The summed E-state index contributed by atoms with van der Waals surface area (Å²) in [7, 11) is 0. The summed E-state index contributed by atoms with van der Waals surface area (Å²) in [6.45, 7) is 2.60. The lowest BCUT2D eigenvalue weighted by Gasteiger charge is -2.24. The van der Waals surface area contributed by atoms with Gasteiger partial charge in [0, 0.05) is 36.4 Å². The lowest BCUT2D eigenvalue weighted by molar-refractivity contribution is 0.0277. The molecule has 1 aliphatic rings. The molecule has 3 heterocycles. The zero-order valence-electron chi connectivity index (χ0n) is 11.7. The molecule has 1 atom stereocenters. The minimum Gasteiger partial charge on any atom is -0.371 e. The molecule has 3 aromatic rings. The maximum Gasteiger partial charge on any atom is 0.137 e. The van der Waals surface area contributed by atoms with Crippen LogP contribution in [0.3, 0.4) is 0 Å². The Labute approximate surface area is 123 Å². The number of nitrogens with one attached hydrogen (secondary N) is 2. The molecule has 0 spiro atoms. The van der Waals surface area contributed by atoms with Crippen LogP contribution in [0.2, 0.25) is 0 Å². The molecule has 0 saturated carbocycles. The fourth-order valence-electron chi connectivity index (χ4n) is 2.77. The molecule has 4 heteroatoms. The average molecular weight is 279 g/mol. The van der Waals surface area contributed by atoms with Crippen LogP contribution in [0, 0.1) is 0 Å². The highest BCUT2D eigenvalue weighted by molar-refractivity contribution is 5.81. The fraction of sp³-hybridized carbons (Fsp3) is 0.235. The van der Waals surface area contributed by atoms with Crippen LogP contribution in [0.5, 0.6) is 0 Å². The van der Waals surface area contributed by atoms with E-state index in [0.29, 0.717) is 0 Å². The summed E-state index contributed by atoms with van der Waals surface area (Å²) in [6, 6.07) is 12.8. The Kier molecular flexibility index (Phi) is 3.18. The van der Waals surface area contributed by atoms with Crippen LogP contribution < -0.4 is 5.32 Å². The molecule has 1 saturated heterocycles. The van der Waals surface area contributed by atoms with Crippen molar-refractivity contribution < 1.29 is 4.74 Å².